The molecule has 0 amide bonds. The Morgan fingerprint density at radius 2 is 2.41 bits per heavy atom. The van der Waals surface area contributed by atoms with Gasteiger partial charge < -0.3 is 10.1 Å². The Balaban J connectivity index is 1.75. The molecule has 0 unspecified atom stereocenters. The molecule has 94 valence electrons. The molecule has 0 bridgehead atoms. The van der Waals surface area contributed by atoms with E-state index in [-0.39, 0.29) is 0 Å². The first-order chi connectivity index (χ1) is 8.25. The lowest BCUT2D eigenvalue weighted by molar-refractivity contribution is 0.143. The van der Waals surface area contributed by atoms with Gasteiger partial charge in [0.1, 0.15) is 12.4 Å². The van der Waals surface area contributed by atoms with Crippen molar-refractivity contribution < 1.29 is 4.74 Å². The van der Waals surface area contributed by atoms with Crippen LogP contribution in [-0.2, 0) is 0 Å². The van der Waals surface area contributed by atoms with Crippen molar-refractivity contribution in [1.82, 2.24) is 10.2 Å². The van der Waals surface area contributed by atoms with Crippen molar-refractivity contribution in [2.45, 2.75) is 13.0 Å². The van der Waals surface area contributed by atoms with Crippen molar-refractivity contribution in [3.8, 4) is 5.75 Å². The molecule has 1 saturated heterocycles. The van der Waals surface area contributed by atoms with Gasteiger partial charge in [0.25, 0.3) is 0 Å². The fourth-order valence-electron chi connectivity index (χ4n) is 2.05. The summed E-state index contributed by atoms with van der Waals surface area (Å²) in [6, 6.07) is 8.60. The van der Waals surface area contributed by atoms with Gasteiger partial charge >= 0.3 is 0 Å². The predicted octanol–water partition coefficient (Wildman–Crippen LogP) is 2.12. The smallest absolute Gasteiger partial charge is 0.120 e. The summed E-state index contributed by atoms with van der Waals surface area (Å²) in [5.74, 6) is 0.933. The van der Waals surface area contributed by atoms with Crippen molar-refractivity contribution in [2.24, 2.45) is 0 Å². The van der Waals surface area contributed by atoms with Gasteiger partial charge in [-0.3, -0.25) is 4.90 Å². The number of halogens is 1. The largest absolute Gasteiger partial charge is 0.492 e. The van der Waals surface area contributed by atoms with E-state index >= 15 is 0 Å². The van der Waals surface area contributed by atoms with Gasteiger partial charge in [-0.15, -0.1) is 0 Å². The van der Waals surface area contributed by atoms with Gasteiger partial charge in [-0.05, 0) is 25.1 Å². The molecule has 17 heavy (non-hydrogen) atoms. The number of nitrogens with zero attached hydrogens (tertiary/aromatic N) is 1. The first-order valence-electron chi connectivity index (χ1n) is 6.09. The van der Waals surface area contributed by atoms with Crippen molar-refractivity contribution in [3.05, 3.63) is 28.7 Å². The molecule has 2 rings (SSSR count). The van der Waals surface area contributed by atoms with E-state index in [0.29, 0.717) is 6.04 Å². The Kier molecular flexibility index (Phi) is 4.83. The van der Waals surface area contributed by atoms with Crippen molar-refractivity contribution in [3.63, 3.8) is 0 Å². The Bertz CT molecular complexity index is 359. The summed E-state index contributed by atoms with van der Waals surface area (Å²) in [4.78, 5) is 2.47. The highest BCUT2D eigenvalue weighted by molar-refractivity contribution is 9.10. The summed E-state index contributed by atoms with van der Waals surface area (Å²) < 4.78 is 6.81. The van der Waals surface area contributed by atoms with Gasteiger partial charge in [0, 0.05) is 36.7 Å². The van der Waals surface area contributed by atoms with Crippen LogP contribution < -0.4 is 10.1 Å². The summed E-state index contributed by atoms with van der Waals surface area (Å²) in [6.45, 7) is 7.28. The van der Waals surface area contributed by atoms with Crippen molar-refractivity contribution >= 4 is 15.9 Å². The van der Waals surface area contributed by atoms with Crippen LogP contribution in [0.15, 0.2) is 28.7 Å². The highest BCUT2D eigenvalue weighted by atomic mass is 79.9. The molecule has 1 heterocycles. The SMILES string of the molecule is C[C@@H]1CNCCN1CCOc1cccc(Br)c1. The van der Waals surface area contributed by atoms with Crippen LogP contribution in [0.4, 0.5) is 0 Å². The monoisotopic (exact) mass is 298 g/mol. The highest BCUT2D eigenvalue weighted by Gasteiger charge is 2.16. The van der Waals surface area contributed by atoms with E-state index in [1.807, 2.05) is 24.3 Å². The van der Waals surface area contributed by atoms with Crippen LogP contribution in [0.2, 0.25) is 0 Å². The standard InChI is InChI=1S/C13H19BrN2O/c1-11-10-15-5-6-16(11)7-8-17-13-4-2-3-12(14)9-13/h2-4,9,11,15H,5-8,10H2,1H3/t11-/m1/s1. The molecular formula is C13H19BrN2O. The van der Waals surface area contributed by atoms with Crippen LogP contribution in [0.1, 0.15) is 6.92 Å². The van der Waals surface area contributed by atoms with Crippen LogP contribution in [0, 0.1) is 0 Å². The van der Waals surface area contributed by atoms with E-state index in [4.69, 9.17) is 4.74 Å². The minimum Gasteiger partial charge on any atom is -0.492 e. The predicted molar refractivity (Wildman–Crippen MR) is 73.5 cm³/mol. The zero-order chi connectivity index (χ0) is 12.1. The second kappa shape index (κ2) is 6.38. The number of piperazine rings is 1. The molecular weight excluding hydrogens is 280 g/mol. The molecule has 1 aromatic rings. The molecule has 3 nitrogen and oxygen atoms in total. The van der Waals surface area contributed by atoms with E-state index in [2.05, 4.69) is 33.1 Å². The first-order valence-corrected chi connectivity index (χ1v) is 6.88. The quantitative estimate of drug-likeness (QED) is 0.922. The molecule has 1 fully saturated rings. The molecule has 1 aromatic carbocycles. The van der Waals surface area contributed by atoms with Gasteiger partial charge in [-0.1, -0.05) is 22.0 Å². The number of hydrogen-bond donors (Lipinski definition) is 1. The fourth-order valence-corrected chi connectivity index (χ4v) is 2.43. The average Bonchev–Trinajstić information content (AvgIpc) is 2.32. The number of nitrogens with one attached hydrogen (secondary N) is 1. The topological polar surface area (TPSA) is 24.5 Å². The number of rotatable bonds is 4. The van der Waals surface area contributed by atoms with Gasteiger partial charge in [-0.25, -0.2) is 0 Å². The molecule has 0 spiro atoms. The van der Waals surface area contributed by atoms with Gasteiger partial charge in [0.05, 0.1) is 0 Å². The van der Waals surface area contributed by atoms with Crippen LogP contribution >= 0.6 is 15.9 Å². The van der Waals surface area contributed by atoms with Gasteiger partial charge in [0.2, 0.25) is 0 Å². The normalized spacial score (nSPS) is 21.4. The third-order valence-corrected chi connectivity index (χ3v) is 3.58. The highest BCUT2D eigenvalue weighted by Crippen LogP contribution is 2.17. The zero-order valence-corrected chi connectivity index (χ0v) is 11.7. The third-order valence-electron chi connectivity index (χ3n) is 3.08. The fraction of sp³-hybridized carbons (Fsp3) is 0.538. The maximum atomic E-state index is 5.75. The zero-order valence-electron chi connectivity index (χ0n) is 10.2. The van der Waals surface area contributed by atoms with E-state index in [1.54, 1.807) is 0 Å². The molecule has 1 aliphatic rings. The van der Waals surface area contributed by atoms with Gasteiger partial charge in [-0.2, -0.15) is 0 Å². The lowest BCUT2D eigenvalue weighted by Gasteiger charge is -2.33. The Morgan fingerprint density at radius 3 is 3.18 bits per heavy atom. The number of benzene rings is 1. The van der Waals surface area contributed by atoms with Crippen molar-refractivity contribution in [1.29, 1.82) is 0 Å². The maximum absolute atomic E-state index is 5.75. The van der Waals surface area contributed by atoms with Crippen LogP contribution in [0.3, 0.4) is 0 Å². The Hall–Kier alpha value is -0.580. The third kappa shape index (κ3) is 3.98. The summed E-state index contributed by atoms with van der Waals surface area (Å²) in [7, 11) is 0. The second-order valence-electron chi connectivity index (χ2n) is 4.39. The first kappa shape index (κ1) is 12.9. The molecule has 4 heteroatoms. The van der Waals surface area contributed by atoms with Crippen LogP contribution in [0.25, 0.3) is 0 Å². The van der Waals surface area contributed by atoms with E-state index in [9.17, 15) is 0 Å². The molecule has 1 aliphatic heterocycles. The van der Waals surface area contributed by atoms with E-state index < -0.39 is 0 Å². The number of hydrogen-bond acceptors (Lipinski definition) is 3. The lowest BCUT2D eigenvalue weighted by Crippen LogP contribution is -2.50. The minimum atomic E-state index is 0.606. The molecule has 0 aliphatic carbocycles. The number of ether oxygens (including phenoxy) is 1. The second-order valence-corrected chi connectivity index (χ2v) is 5.31. The summed E-state index contributed by atoms with van der Waals surface area (Å²) >= 11 is 3.44. The Morgan fingerprint density at radius 1 is 1.53 bits per heavy atom. The van der Waals surface area contributed by atoms with Crippen molar-refractivity contribution in [2.75, 3.05) is 32.8 Å². The van der Waals surface area contributed by atoms with Gasteiger partial charge in [0.15, 0.2) is 0 Å². The molecule has 0 aromatic heterocycles. The van der Waals surface area contributed by atoms with E-state index in [1.165, 1.54) is 0 Å². The average molecular weight is 299 g/mol. The van der Waals surface area contributed by atoms with Crippen LogP contribution in [-0.4, -0.2) is 43.7 Å². The summed E-state index contributed by atoms with van der Waals surface area (Å²) in [6.07, 6.45) is 0. The maximum Gasteiger partial charge on any atom is 0.120 e. The molecule has 0 saturated carbocycles. The Labute approximate surface area is 111 Å². The van der Waals surface area contributed by atoms with Crippen LogP contribution in [0.5, 0.6) is 5.75 Å². The summed E-state index contributed by atoms with van der Waals surface area (Å²) in [5.41, 5.74) is 0. The molecule has 1 atom stereocenters. The van der Waals surface area contributed by atoms with E-state index in [0.717, 1.165) is 43.0 Å². The molecule has 0 radical (unpaired) electrons. The summed E-state index contributed by atoms with van der Waals surface area (Å²) in [5, 5.41) is 3.39. The molecule has 1 N–H and O–H groups in total. The minimum absolute atomic E-state index is 0.606. The lowest BCUT2D eigenvalue weighted by atomic mass is 10.2.